The Hall–Kier alpha value is -3.68. The molecule has 1 amide bonds. The van der Waals surface area contributed by atoms with E-state index in [9.17, 15) is 14.4 Å². The Labute approximate surface area is 179 Å². The van der Waals surface area contributed by atoms with Crippen LogP contribution < -0.4 is 11.3 Å². The molecule has 1 unspecified atom stereocenters. The minimum Gasteiger partial charge on any atom is -0.383 e. The topological polar surface area (TPSA) is 103 Å². The smallest absolute Gasteiger partial charge is 0.250 e. The minimum atomic E-state index is -0.304. The number of aromatic nitrogens is 3. The Bertz CT molecular complexity index is 1160. The van der Waals surface area contributed by atoms with Crippen molar-refractivity contribution < 1.29 is 9.59 Å². The number of anilines is 1. The normalized spacial score (nSPS) is 15.9. The lowest BCUT2D eigenvalue weighted by atomic mass is 9.98. The molecule has 1 aliphatic rings. The van der Waals surface area contributed by atoms with Gasteiger partial charge in [-0.05, 0) is 31.5 Å². The van der Waals surface area contributed by atoms with Gasteiger partial charge in [0.25, 0.3) is 5.56 Å². The van der Waals surface area contributed by atoms with E-state index in [0.29, 0.717) is 37.4 Å². The van der Waals surface area contributed by atoms with Gasteiger partial charge in [0.15, 0.2) is 5.78 Å². The zero-order valence-corrected chi connectivity index (χ0v) is 17.4. The summed E-state index contributed by atoms with van der Waals surface area (Å²) in [5.41, 5.74) is 8.40. The summed E-state index contributed by atoms with van der Waals surface area (Å²) in [6, 6.07) is 12.6. The van der Waals surface area contributed by atoms with Gasteiger partial charge in [0.2, 0.25) is 5.91 Å². The van der Waals surface area contributed by atoms with Gasteiger partial charge in [0, 0.05) is 44.2 Å². The van der Waals surface area contributed by atoms with Gasteiger partial charge in [-0.2, -0.15) is 5.10 Å². The first-order chi connectivity index (χ1) is 14.9. The zero-order chi connectivity index (χ0) is 22.0. The highest BCUT2D eigenvalue weighted by Gasteiger charge is 2.33. The minimum absolute atomic E-state index is 0.0608. The van der Waals surface area contributed by atoms with Crippen LogP contribution in [0, 0.1) is 12.8 Å². The highest BCUT2D eigenvalue weighted by Crippen LogP contribution is 2.26. The maximum atomic E-state index is 13.0. The second-order valence-electron chi connectivity index (χ2n) is 7.86. The number of aryl methyl sites for hydroxylation is 2. The van der Waals surface area contributed by atoms with E-state index in [1.807, 2.05) is 31.2 Å². The predicted octanol–water partition coefficient (Wildman–Crippen LogP) is 2.05. The lowest BCUT2D eigenvalue weighted by Crippen LogP contribution is -2.31. The molecule has 8 heteroatoms. The number of amides is 1. The fraction of sp³-hybridized carbons (Fsp3) is 0.304. The average molecular weight is 419 g/mol. The Morgan fingerprint density at radius 3 is 2.68 bits per heavy atom. The van der Waals surface area contributed by atoms with E-state index >= 15 is 0 Å². The van der Waals surface area contributed by atoms with Crippen LogP contribution in [-0.4, -0.2) is 44.0 Å². The molecule has 0 radical (unpaired) electrons. The number of hydrogen-bond donors (Lipinski definition) is 1. The zero-order valence-electron chi connectivity index (χ0n) is 17.4. The molecule has 1 fully saturated rings. The SMILES string of the molecule is Cc1ccc(-n2ncc(C(=O)C3CCN(C(=O)CCn4ccccc4=O)C3)c2N)cc1. The van der Waals surface area contributed by atoms with Crippen LogP contribution in [0.5, 0.6) is 0 Å². The standard InChI is InChI=1S/C23H25N5O3/c1-16-5-7-18(8-6-16)28-23(24)19(14-25-28)22(31)17-9-12-27(15-17)21(30)10-13-26-11-3-2-4-20(26)29/h2-8,11,14,17H,9-10,12-13,15,24H2,1H3. The molecule has 3 aromatic rings. The van der Waals surface area contributed by atoms with E-state index in [2.05, 4.69) is 5.10 Å². The fourth-order valence-corrected chi connectivity index (χ4v) is 3.88. The number of benzene rings is 1. The van der Waals surface area contributed by atoms with Crippen molar-refractivity contribution in [2.45, 2.75) is 26.3 Å². The van der Waals surface area contributed by atoms with E-state index in [4.69, 9.17) is 5.73 Å². The van der Waals surface area contributed by atoms with Crippen molar-refractivity contribution in [3.63, 3.8) is 0 Å². The fourth-order valence-electron chi connectivity index (χ4n) is 3.88. The summed E-state index contributed by atoms with van der Waals surface area (Å²) in [5, 5.41) is 4.29. The average Bonchev–Trinajstić information content (AvgIpc) is 3.41. The third-order valence-electron chi connectivity index (χ3n) is 5.73. The van der Waals surface area contributed by atoms with Gasteiger partial charge < -0.3 is 15.2 Å². The van der Waals surface area contributed by atoms with Crippen molar-refractivity contribution in [2.24, 2.45) is 5.92 Å². The summed E-state index contributed by atoms with van der Waals surface area (Å²) >= 11 is 0. The van der Waals surface area contributed by atoms with E-state index in [1.54, 1.807) is 27.9 Å². The maximum absolute atomic E-state index is 13.0. The largest absolute Gasteiger partial charge is 0.383 e. The Morgan fingerprint density at radius 2 is 1.94 bits per heavy atom. The number of carbonyl (C=O) groups excluding carboxylic acids is 2. The third-order valence-corrected chi connectivity index (χ3v) is 5.73. The molecule has 8 nitrogen and oxygen atoms in total. The highest BCUT2D eigenvalue weighted by molar-refractivity contribution is 6.02. The molecular weight excluding hydrogens is 394 g/mol. The van der Waals surface area contributed by atoms with Crippen molar-refractivity contribution in [1.82, 2.24) is 19.2 Å². The van der Waals surface area contributed by atoms with Crippen LogP contribution in [0.1, 0.15) is 28.8 Å². The summed E-state index contributed by atoms with van der Waals surface area (Å²) in [6.45, 7) is 3.20. The number of nitrogens with zero attached hydrogens (tertiary/aromatic N) is 4. The molecule has 0 bridgehead atoms. The third kappa shape index (κ3) is 4.28. The maximum Gasteiger partial charge on any atom is 0.250 e. The molecule has 31 heavy (non-hydrogen) atoms. The van der Waals surface area contributed by atoms with Crippen molar-refractivity contribution in [3.05, 3.63) is 76.3 Å². The lowest BCUT2D eigenvalue weighted by Gasteiger charge is -2.16. The molecule has 1 aromatic carbocycles. The number of carbonyl (C=O) groups is 2. The monoisotopic (exact) mass is 419 g/mol. The first-order valence-corrected chi connectivity index (χ1v) is 10.3. The van der Waals surface area contributed by atoms with E-state index < -0.39 is 0 Å². The van der Waals surface area contributed by atoms with Crippen LogP contribution in [0.15, 0.2) is 59.7 Å². The highest BCUT2D eigenvalue weighted by atomic mass is 16.2. The Morgan fingerprint density at radius 1 is 1.16 bits per heavy atom. The van der Waals surface area contributed by atoms with Gasteiger partial charge in [0.05, 0.1) is 17.4 Å². The van der Waals surface area contributed by atoms with Crippen molar-refractivity contribution in [3.8, 4) is 5.69 Å². The second kappa shape index (κ2) is 8.59. The van der Waals surface area contributed by atoms with Crippen LogP contribution in [-0.2, 0) is 11.3 Å². The van der Waals surface area contributed by atoms with Gasteiger partial charge in [-0.15, -0.1) is 0 Å². The number of rotatable bonds is 6. The van der Waals surface area contributed by atoms with Crippen molar-refractivity contribution in [2.75, 3.05) is 18.8 Å². The van der Waals surface area contributed by atoms with E-state index in [1.165, 1.54) is 16.8 Å². The Balaban J connectivity index is 1.39. The van der Waals surface area contributed by atoms with Gasteiger partial charge >= 0.3 is 0 Å². The van der Waals surface area contributed by atoms with Gasteiger partial charge in [-0.1, -0.05) is 23.8 Å². The summed E-state index contributed by atoms with van der Waals surface area (Å²) in [6.07, 6.45) is 3.98. The van der Waals surface area contributed by atoms with Gasteiger partial charge in [-0.3, -0.25) is 14.4 Å². The van der Waals surface area contributed by atoms with Gasteiger partial charge in [0.1, 0.15) is 5.82 Å². The van der Waals surface area contributed by atoms with E-state index in [-0.39, 0.29) is 29.6 Å². The first kappa shape index (κ1) is 20.6. The summed E-state index contributed by atoms with van der Waals surface area (Å²) in [5.74, 6) is -0.150. The second-order valence-corrected chi connectivity index (χ2v) is 7.86. The molecule has 4 rings (SSSR count). The number of nitrogens with two attached hydrogens (primary N) is 1. The van der Waals surface area contributed by atoms with E-state index in [0.717, 1.165) is 11.3 Å². The molecule has 1 saturated heterocycles. The quantitative estimate of drug-likeness (QED) is 0.616. The molecule has 160 valence electrons. The summed E-state index contributed by atoms with van der Waals surface area (Å²) in [4.78, 5) is 39.1. The Kier molecular flexibility index (Phi) is 5.70. The predicted molar refractivity (Wildman–Crippen MR) is 117 cm³/mol. The lowest BCUT2D eigenvalue weighted by molar-refractivity contribution is -0.130. The number of pyridine rings is 1. The molecule has 2 aromatic heterocycles. The van der Waals surface area contributed by atoms with Crippen LogP contribution >= 0.6 is 0 Å². The molecule has 1 aliphatic heterocycles. The molecule has 0 spiro atoms. The molecule has 0 aliphatic carbocycles. The van der Waals surface area contributed by atoms with Crippen molar-refractivity contribution in [1.29, 1.82) is 0 Å². The van der Waals surface area contributed by atoms with Crippen LogP contribution in [0.3, 0.4) is 0 Å². The van der Waals surface area contributed by atoms with Gasteiger partial charge in [-0.25, -0.2) is 4.68 Å². The number of Topliss-reactive ketones (excluding diaryl/α,β-unsaturated/α-hetero) is 1. The van der Waals surface area contributed by atoms with Crippen LogP contribution in [0.25, 0.3) is 5.69 Å². The molecule has 0 saturated carbocycles. The van der Waals surface area contributed by atoms with Crippen molar-refractivity contribution >= 4 is 17.5 Å². The summed E-state index contributed by atoms with van der Waals surface area (Å²) < 4.78 is 3.07. The number of hydrogen-bond acceptors (Lipinski definition) is 5. The summed E-state index contributed by atoms with van der Waals surface area (Å²) in [7, 11) is 0. The molecule has 1 atom stereocenters. The number of nitrogen functional groups attached to an aromatic ring is 1. The molecular formula is C23H25N5O3. The number of ketones is 1. The van der Waals surface area contributed by atoms with Crippen LogP contribution in [0.2, 0.25) is 0 Å². The number of likely N-dealkylation sites (tertiary alicyclic amines) is 1. The molecule has 2 N–H and O–H groups in total. The first-order valence-electron chi connectivity index (χ1n) is 10.3. The van der Waals surface area contributed by atoms with Crippen LogP contribution in [0.4, 0.5) is 5.82 Å². The molecule has 3 heterocycles.